The van der Waals surface area contributed by atoms with Gasteiger partial charge in [-0.05, 0) is 55.2 Å². The normalized spacial score (nSPS) is 12.8. The molecule has 3 N–H and O–H groups in total. The lowest BCUT2D eigenvalue weighted by atomic mass is 9.95. The molecule has 6 nitrogen and oxygen atoms in total. The van der Waals surface area contributed by atoms with Gasteiger partial charge in [-0.1, -0.05) is 32.0 Å². The van der Waals surface area contributed by atoms with Crippen molar-refractivity contribution in [2.75, 3.05) is 0 Å². The van der Waals surface area contributed by atoms with Gasteiger partial charge in [-0.3, -0.25) is 0 Å². The van der Waals surface area contributed by atoms with Gasteiger partial charge in [-0.25, -0.2) is 13.9 Å². The summed E-state index contributed by atoms with van der Waals surface area (Å²) < 4.78 is 15.4. The third-order valence-electron chi connectivity index (χ3n) is 5.15. The second kappa shape index (κ2) is 10.2. The third kappa shape index (κ3) is 5.62. The number of para-hydroxylation sites is 1. The summed E-state index contributed by atoms with van der Waals surface area (Å²) in [4.78, 5) is 10.7. The number of carboxylic acids is 1. The van der Waals surface area contributed by atoms with Crippen molar-refractivity contribution in [3.63, 3.8) is 0 Å². The molecule has 2 aromatic carbocycles. The summed E-state index contributed by atoms with van der Waals surface area (Å²) in [5.41, 5.74) is 4.27. The Morgan fingerprint density at radius 1 is 1.09 bits per heavy atom. The molecule has 0 amide bonds. The average Bonchev–Trinajstić information content (AvgIpc) is 3.12. The van der Waals surface area contributed by atoms with Gasteiger partial charge in [-0.15, -0.1) is 0 Å². The van der Waals surface area contributed by atoms with Crippen LogP contribution in [-0.4, -0.2) is 37.2 Å². The molecule has 0 spiro atoms. The van der Waals surface area contributed by atoms with Gasteiger partial charge in [-0.2, -0.15) is 5.10 Å². The zero-order valence-corrected chi connectivity index (χ0v) is 18.1. The van der Waals surface area contributed by atoms with E-state index in [1.807, 2.05) is 35.0 Å². The fourth-order valence-electron chi connectivity index (χ4n) is 3.76. The van der Waals surface area contributed by atoms with Crippen LogP contribution in [0.15, 0.2) is 66.4 Å². The minimum Gasteiger partial charge on any atom is -0.512 e. The molecular formula is C25H27FN2O4. The van der Waals surface area contributed by atoms with Gasteiger partial charge in [0.25, 0.3) is 0 Å². The predicted octanol–water partition coefficient (Wildman–Crippen LogP) is 5.01. The quantitative estimate of drug-likeness (QED) is 0.322. The smallest absolute Gasteiger partial charge is 0.331 e. The molecule has 1 unspecified atom stereocenters. The van der Waals surface area contributed by atoms with Crippen LogP contribution >= 0.6 is 0 Å². The molecule has 1 aromatic heterocycles. The number of carbonyl (C=O) groups is 1. The standard InChI is InChI=1S/C25H27FN2O4/c1-16(2)25-22(13-12-20(29)14-21(30)15-23(31)32)24(17-8-10-18(26)11-9-17)27-28(25)19-6-4-3-5-7-19/h3-11,15-16,20,29-30H,12-14H2,1-2H3,(H,31,32)/b21-15-. The SMILES string of the molecule is CC(C)c1c(CCC(O)C/C(O)=C/C(=O)O)c(-c2ccc(F)cc2)nn1-c1ccccc1. The average molecular weight is 438 g/mol. The van der Waals surface area contributed by atoms with E-state index < -0.39 is 12.1 Å². The maximum absolute atomic E-state index is 13.5. The van der Waals surface area contributed by atoms with Crippen molar-refractivity contribution in [3.8, 4) is 16.9 Å². The second-order valence-corrected chi connectivity index (χ2v) is 7.99. The van der Waals surface area contributed by atoms with Gasteiger partial charge >= 0.3 is 5.97 Å². The first kappa shape index (κ1) is 23.2. The van der Waals surface area contributed by atoms with Crippen molar-refractivity contribution in [3.05, 3.63) is 83.5 Å². The van der Waals surface area contributed by atoms with Crippen LogP contribution in [0, 0.1) is 5.82 Å². The molecule has 0 fully saturated rings. The number of aliphatic hydroxyl groups excluding tert-OH is 2. The van der Waals surface area contributed by atoms with Crippen molar-refractivity contribution < 1.29 is 24.5 Å². The Hall–Kier alpha value is -3.45. The Balaban J connectivity index is 2.01. The summed E-state index contributed by atoms with van der Waals surface area (Å²) in [5.74, 6) is -1.87. The van der Waals surface area contributed by atoms with E-state index >= 15 is 0 Å². The number of carboxylic acid groups (broad SMARTS) is 1. The highest BCUT2D eigenvalue weighted by Crippen LogP contribution is 2.33. The van der Waals surface area contributed by atoms with Gasteiger partial charge in [0.05, 0.1) is 29.3 Å². The van der Waals surface area contributed by atoms with E-state index in [1.165, 1.54) is 12.1 Å². The van der Waals surface area contributed by atoms with Gasteiger partial charge in [0.2, 0.25) is 0 Å². The first-order chi connectivity index (χ1) is 15.3. The zero-order chi connectivity index (χ0) is 23.3. The Kier molecular flexibility index (Phi) is 7.43. The maximum atomic E-state index is 13.5. The highest BCUT2D eigenvalue weighted by Gasteiger charge is 2.23. The lowest BCUT2D eigenvalue weighted by molar-refractivity contribution is -0.131. The fraction of sp³-hybridized carbons (Fsp3) is 0.280. The molecule has 7 heteroatoms. The lowest BCUT2D eigenvalue weighted by Crippen LogP contribution is -2.11. The fourth-order valence-corrected chi connectivity index (χ4v) is 3.76. The number of halogens is 1. The van der Waals surface area contributed by atoms with Crippen LogP contribution in [0.3, 0.4) is 0 Å². The Bertz CT molecular complexity index is 1090. The van der Waals surface area contributed by atoms with Crippen LogP contribution in [0.2, 0.25) is 0 Å². The van der Waals surface area contributed by atoms with Gasteiger partial charge < -0.3 is 15.3 Å². The molecule has 32 heavy (non-hydrogen) atoms. The highest BCUT2D eigenvalue weighted by molar-refractivity contribution is 5.80. The first-order valence-electron chi connectivity index (χ1n) is 10.5. The molecule has 0 saturated heterocycles. The molecule has 0 saturated carbocycles. The minimum absolute atomic E-state index is 0.115. The molecule has 1 atom stereocenters. The van der Waals surface area contributed by atoms with E-state index in [9.17, 15) is 19.4 Å². The summed E-state index contributed by atoms with van der Waals surface area (Å²) in [6, 6.07) is 15.8. The van der Waals surface area contributed by atoms with E-state index in [1.54, 1.807) is 12.1 Å². The number of hydrogen-bond acceptors (Lipinski definition) is 4. The summed E-state index contributed by atoms with van der Waals surface area (Å²) in [7, 11) is 0. The molecule has 3 rings (SSSR count). The summed E-state index contributed by atoms with van der Waals surface area (Å²) in [6.07, 6.45) is 0.356. The Morgan fingerprint density at radius 2 is 1.75 bits per heavy atom. The van der Waals surface area contributed by atoms with Crippen LogP contribution in [0.1, 0.15) is 43.9 Å². The van der Waals surface area contributed by atoms with Gasteiger partial charge in [0.1, 0.15) is 11.6 Å². The number of aromatic nitrogens is 2. The molecule has 0 bridgehead atoms. The largest absolute Gasteiger partial charge is 0.512 e. The molecule has 0 radical (unpaired) electrons. The van der Waals surface area contributed by atoms with Gasteiger partial charge in [0.15, 0.2) is 0 Å². The monoisotopic (exact) mass is 438 g/mol. The minimum atomic E-state index is -1.26. The predicted molar refractivity (Wildman–Crippen MR) is 120 cm³/mol. The molecule has 1 heterocycles. The number of rotatable bonds is 9. The summed E-state index contributed by atoms with van der Waals surface area (Å²) in [5, 5.41) is 33.7. The first-order valence-corrected chi connectivity index (χ1v) is 10.5. The van der Waals surface area contributed by atoms with Crippen LogP contribution in [0.25, 0.3) is 16.9 Å². The van der Waals surface area contributed by atoms with Crippen molar-refractivity contribution in [1.82, 2.24) is 9.78 Å². The van der Waals surface area contributed by atoms with Crippen LogP contribution in [-0.2, 0) is 11.2 Å². The van der Waals surface area contributed by atoms with Gasteiger partial charge in [0, 0.05) is 17.5 Å². The molecule has 3 aromatic rings. The van der Waals surface area contributed by atoms with E-state index in [0.717, 1.165) is 22.5 Å². The molecule has 0 aliphatic carbocycles. The van der Waals surface area contributed by atoms with Crippen molar-refractivity contribution in [2.24, 2.45) is 0 Å². The highest BCUT2D eigenvalue weighted by atomic mass is 19.1. The Labute approximate surface area is 186 Å². The second-order valence-electron chi connectivity index (χ2n) is 7.99. The van der Waals surface area contributed by atoms with Crippen molar-refractivity contribution in [1.29, 1.82) is 0 Å². The summed E-state index contributed by atoms with van der Waals surface area (Å²) >= 11 is 0. The zero-order valence-electron chi connectivity index (χ0n) is 18.1. The number of hydrogen-bond donors (Lipinski definition) is 3. The van der Waals surface area contributed by atoms with E-state index in [2.05, 4.69) is 13.8 Å². The van der Waals surface area contributed by atoms with Crippen LogP contribution in [0.4, 0.5) is 4.39 Å². The van der Waals surface area contributed by atoms with Crippen molar-refractivity contribution in [2.45, 2.75) is 45.1 Å². The Morgan fingerprint density at radius 3 is 2.34 bits per heavy atom. The molecule has 168 valence electrons. The lowest BCUT2D eigenvalue weighted by Gasteiger charge is -2.15. The third-order valence-corrected chi connectivity index (χ3v) is 5.15. The van der Waals surface area contributed by atoms with Crippen LogP contribution in [0.5, 0.6) is 0 Å². The summed E-state index contributed by atoms with van der Waals surface area (Å²) in [6.45, 7) is 4.12. The topological polar surface area (TPSA) is 95.6 Å². The number of nitrogens with zero attached hydrogens (tertiary/aromatic N) is 2. The number of aliphatic carboxylic acids is 1. The number of benzene rings is 2. The molecule has 0 aliphatic rings. The number of aliphatic hydroxyl groups is 2. The van der Waals surface area contributed by atoms with E-state index in [-0.39, 0.29) is 23.9 Å². The van der Waals surface area contributed by atoms with E-state index in [4.69, 9.17) is 10.2 Å². The van der Waals surface area contributed by atoms with Crippen molar-refractivity contribution >= 4 is 5.97 Å². The van der Waals surface area contributed by atoms with E-state index in [0.29, 0.717) is 24.6 Å². The molecule has 0 aliphatic heterocycles. The van der Waals surface area contributed by atoms with Crippen LogP contribution < -0.4 is 0 Å². The maximum Gasteiger partial charge on any atom is 0.331 e. The molecular weight excluding hydrogens is 411 g/mol.